The van der Waals surface area contributed by atoms with Crippen LogP contribution in [0.2, 0.25) is 0 Å². The smallest absolute Gasteiger partial charge is 0.155 e. The molecule has 5 heteroatoms. The normalized spacial score (nSPS) is 13.6. The fourth-order valence-electron chi connectivity index (χ4n) is 6.62. The molecule has 0 bridgehead atoms. The maximum absolute atomic E-state index is 10.0. The molecular weight excluding hydrogens is 721 g/mol. The monoisotopic (exact) mass is 758 g/mol. The molecule has 7 rings (SSSR count). The van der Waals surface area contributed by atoms with Crippen molar-refractivity contribution in [3.8, 4) is 16.9 Å². The number of aromatic nitrogens is 2. The molecule has 1 N–H and O–H groups in total. The van der Waals surface area contributed by atoms with Crippen LogP contribution in [0.15, 0.2) is 96.8 Å². The summed E-state index contributed by atoms with van der Waals surface area (Å²) in [5.74, 6) is 0.604. The first-order valence-electron chi connectivity index (χ1n) is 15.1. The van der Waals surface area contributed by atoms with E-state index < -0.39 is 0 Å². The van der Waals surface area contributed by atoms with Gasteiger partial charge in [0, 0.05) is 59.2 Å². The third-order valence-electron chi connectivity index (χ3n) is 8.28. The second-order valence-corrected chi connectivity index (χ2v) is 11.8. The molecule has 1 aliphatic rings. The largest absolute Gasteiger partial charge is 0.512 e. The van der Waals surface area contributed by atoms with Crippen LogP contribution in [0, 0.1) is 19.9 Å². The SMILES string of the molecule is CC(=O)/C=C(/C)O.Cc1[c-]c(-c2nc3ccc(C4CCCC4)cc3c3c4ccccc4n(-c4ccccc4)c23)cc(C)c1.[Ir]. The third kappa shape index (κ3) is 6.26. The quantitative estimate of drug-likeness (QED) is 0.111. The topological polar surface area (TPSA) is 55.1 Å². The summed E-state index contributed by atoms with van der Waals surface area (Å²) in [5.41, 5.74) is 10.5. The predicted octanol–water partition coefficient (Wildman–Crippen LogP) is 10.1. The van der Waals surface area contributed by atoms with Crippen molar-refractivity contribution < 1.29 is 30.0 Å². The average Bonchev–Trinajstić information content (AvgIpc) is 3.63. The number of aliphatic hydroxyl groups is 1. The van der Waals surface area contributed by atoms with E-state index in [9.17, 15) is 4.79 Å². The van der Waals surface area contributed by atoms with E-state index in [0.717, 1.165) is 28.0 Å². The zero-order valence-corrected chi connectivity index (χ0v) is 28.0. The van der Waals surface area contributed by atoms with Crippen LogP contribution in [-0.2, 0) is 24.9 Å². The number of rotatable bonds is 4. The maximum Gasteiger partial charge on any atom is 0.155 e. The van der Waals surface area contributed by atoms with Crippen LogP contribution in [0.25, 0.3) is 49.7 Å². The average molecular weight is 758 g/mol. The first-order valence-corrected chi connectivity index (χ1v) is 15.1. The molecule has 0 unspecified atom stereocenters. The van der Waals surface area contributed by atoms with Crippen LogP contribution in [0.5, 0.6) is 0 Å². The first kappa shape index (κ1) is 31.4. The Morgan fingerprint density at radius 1 is 0.909 bits per heavy atom. The summed E-state index contributed by atoms with van der Waals surface area (Å²) in [7, 11) is 0. The van der Waals surface area contributed by atoms with Gasteiger partial charge in [-0.3, -0.25) is 9.78 Å². The van der Waals surface area contributed by atoms with Crippen molar-refractivity contribution in [1.29, 1.82) is 0 Å². The van der Waals surface area contributed by atoms with Gasteiger partial charge in [-0.1, -0.05) is 69.2 Å². The zero-order valence-electron chi connectivity index (χ0n) is 25.6. The summed E-state index contributed by atoms with van der Waals surface area (Å²) in [5, 5.41) is 12.2. The number of aliphatic hydroxyl groups excluding tert-OH is 1. The van der Waals surface area contributed by atoms with Crippen molar-refractivity contribution in [2.24, 2.45) is 0 Å². The molecule has 2 aromatic heterocycles. The molecule has 0 saturated heterocycles. The number of aryl methyl sites for hydroxylation is 2. The minimum absolute atomic E-state index is 0. The minimum atomic E-state index is -0.125. The van der Waals surface area contributed by atoms with Gasteiger partial charge >= 0.3 is 0 Å². The van der Waals surface area contributed by atoms with Gasteiger partial charge in [0.05, 0.1) is 16.8 Å². The van der Waals surface area contributed by atoms with E-state index in [1.54, 1.807) is 0 Å². The number of fused-ring (bicyclic) bond motifs is 5. The van der Waals surface area contributed by atoms with Gasteiger partial charge in [-0.05, 0) is 68.5 Å². The fraction of sp³-hybridized carbons (Fsp3) is 0.231. The van der Waals surface area contributed by atoms with Crippen LogP contribution < -0.4 is 0 Å². The molecule has 2 heterocycles. The molecule has 1 fully saturated rings. The number of nitrogens with zero attached hydrogens (tertiary/aromatic N) is 2. The molecule has 4 nitrogen and oxygen atoms in total. The van der Waals surface area contributed by atoms with Crippen molar-refractivity contribution in [2.75, 3.05) is 0 Å². The number of benzene rings is 4. The van der Waals surface area contributed by atoms with Gasteiger partial charge in [-0.2, -0.15) is 0 Å². The molecule has 0 aliphatic heterocycles. The van der Waals surface area contributed by atoms with E-state index in [1.807, 2.05) is 0 Å². The fourth-order valence-corrected chi connectivity index (χ4v) is 6.62. The van der Waals surface area contributed by atoms with Gasteiger partial charge in [0.25, 0.3) is 0 Å². The Morgan fingerprint density at radius 3 is 2.27 bits per heavy atom. The number of ketones is 1. The van der Waals surface area contributed by atoms with Gasteiger partial charge in [0.1, 0.15) is 0 Å². The van der Waals surface area contributed by atoms with Gasteiger partial charge in [0.15, 0.2) is 5.78 Å². The van der Waals surface area contributed by atoms with Crippen molar-refractivity contribution in [3.63, 3.8) is 0 Å². The van der Waals surface area contributed by atoms with Crippen molar-refractivity contribution >= 4 is 38.5 Å². The van der Waals surface area contributed by atoms with E-state index in [-0.39, 0.29) is 31.6 Å². The van der Waals surface area contributed by atoms with Gasteiger partial charge in [-0.25, -0.2) is 0 Å². The Bertz CT molecular complexity index is 1980. The Balaban J connectivity index is 0.000000433. The van der Waals surface area contributed by atoms with E-state index in [4.69, 9.17) is 10.1 Å². The summed E-state index contributed by atoms with van der Waals surface area (Å²) < 4.78 is 2.40. The van der Waals surface area contributed by atoms with Crippen molar-refractivity contribution in [1.82, 2.24) is 9.55 Å². The molecule has 0 atom stereocenters. The van der Waals surface area contributed by atoms with Gasteiger partial charge < -0.3 is 9.67 Å². The van der Waals surface area contributed by atoms with Crippen LogP contribution in [0.3, 0.4) is 0 Å². The Hall–Kier alpha value is -4.05. The first-order chi connectivity index (χ1) is 20.8. The van der Waals surface area contributed by atoms with E-state index in [1.165, 1.54) is 83.9 Å². The Morgan fingerprint density at radius 2 is 1.61 bits per heavy atom. The molecule has 1 aliphatic carbocycles. The number of para-hydroxylation sites is 2. The number of carbonyl (C=O) groups is 1. The molecule has 4 aromatic carbocycles. The standard InChI is InChI=1S/C34H29N2.C5H8O2.Ir/c1-22-18-23(2)20-26(19-22)33-34-32(29-21-25(16-17-30(29)35-33)24-10-6-7-11-24)28-14-8-9-15-31(28)36(34)27-12-4-3-5-13-27;1-4(6)3-5(2)7;/h3-5,8-9,12-19,21,24H,6-7,10-11H2,1-2H3;3,6H,1-2H3;/q-1;;/b;4-3-;. The number of allylic oxidation sites excluding steroid dienone is 2. The van der Waals surface area contributed by atoms with Gasteiger partial charge in [-0.15, -0.1) is 34.9 Å². The summed E-state index contributed by atoms with van der Waals surface area (Å²) in [6.45, 7) is 7.12. The van der Waals surface area contributed by atoms with E-state index in [2.05, 4.69) is 109 Å². The molecule has 225 valence electrons. The molecular formula is C39H37IrN2O2-. The van der Waals surface area contributed by atoms with Crippen molar-refractivity contribution in [3.05, 3.63) is 120 Å². The Kier molecular flexibility index (Phi) is 9.48. The number of carbonyl (C=O) groups excluding carboxylic acids is 1. The summed E-state index contributed by atoms with van der Waals surface area (Å²) >= 11 is 0. The predicted molar refractivity (Wildman–Crippen MR) is 178 cm³/mol. The Labute approximate surface area is 272 Å². The van der Waals surface area contributed by atoms with E-state index >= 15 is 0 Å². The summed E-state index contributed by atoms with van der Waals surface area (Å²) in [6.07, 6.45) is 6.43. The minimum Gasteiger partial charge on any atom is -0.512 e. The number of hydrogen-bond acceptors (Lipinski definition) is 3. The molecule has 0 spiro atoms. The summed E-state index contributed by atoms with van der Waals surface area (Å²) in [6, 6.07) is 34.6. The molecule has 6 aromatic rings. The van der Waals surface area contributed by atoms with Crippen LogP contribution >= 0.6 is 0 Å². The van der Waals surface area contributed by atoms with Gasteiger partial charge in [0.2, 0.25) is 0 Å². The maximum atomic E-state index is 10.0. The van der Waals surface area contributed by atoms with Crippen LogP contribution in [0.1, 0.15) is 62.1 Å². The van der Waals surface area contributed by atoms with Crippen molar-refractivity contribution in [2.45, 2.75) is 59.3 Å². The van der Waals surface area contributed by atoms with E-state index in [0.29, 0.717) is 5.92 Å². The van der Waals surface area contributed by atoms with Crippen LogP contribution in [0.4, 0.5) is 0 Å². The molecule has 44 heavy (non-hydrogen) atoms. The zero-order chi connectivity index (χ0) is 30.1. The second kappa shape index (κ2) is 13.3. The number of hydrogen-bond donors (Lipinski definition) is 1. The third-order valence-corrected chi connectivity index (χ3v) is 8.28. The van der Waals surface area contributed by atoms with Crippen LogP contribution in [-0.4, -0.2) is 20.4 Å². The number of pyridine rings is 1. The molecule has 1 saturated carbocycles. The second-order valence-electron chi connectivity index (χ2n) is 11.8. The summed E-state index contributed by atoms with van der Waals surface area (Å²) in [4.78, 5) is 15.4. The molecule has 0 amide bonds. The molecule has 1 radical (unpaired) electrons.